The maximum Gasteiger partial charge on any atom is 0.122 e. The summed E-state index contributed by atoms with van der Waals surface area (Å²) in [5.74, 6) is 1.09. The van der Waals surface area contributed by atoms with E-state index in [-0.39, 0.29) is 0 Å². The van der Waals surface area contributed by atoms with Gasteiger partial charge in [-0.05, 0) is 23.9 Å². The van der Waals surface area contributed by atoms with E-state index < -0.39 is 0 Å². The monoisotopic (exact) mass is 279 g/mol. The van der Waals surface area contributed by atoms with Crippen LogP contribution >= 0.6 is 11.3 Å². The first kappa shape index (κ1) is 14.2. The van der Waals surface area contributed by atoms with Gasteiger partial charge in [-0.15, -0.1) is 11.3 Å². The fourth-order valence-electron chi connectivity index (χ4n) is 1.95. The van der Waals surface area contributed by atoms with E-state index in [4.69, 9.17) is 4.74 Å². The maximum atomic E-state index is 5.21. The zero-order valence-electron chi connectivity index (χ0n) is 11.8. The van der Waals surface area contributed by atoms with Crippen LogP contribution in [-0.4, -0.2) is 34.7 Å². The Morgan fingerprint density at radius 2 is 2.26 bits per heavy atom. The molecule has 2 aromatic heterocycles. The lowest BCUT2D eigenvalue weighted by molar-refractivity contribution is 0.138. The molecule has 19 heavy (non-hydrogen) atoms. The zero-order valence-corrected chi connectivity index (χ0v) is 12.6. The van der Waals surface area contributed by atoms with Crippen molar-refractivity contribution in [1.82, 2.24) is 14.5 Å². The van der Waals surface area contributed by atoms with Crippen molar-refractivity contribution in [3.05, 3.63) is 40.1 Å². The van der Waals surface area contributed by atoms with Gasteiger partial charge in [-0.3, -0.25) is 4.90 Å². The lowest BCUT2D eigenvalue weighted by atomic mass is 10.3. The predicted octanol–water partition coefficient (Wildman–Crippen LogP) is 2.44. The summed E-state index contributed by atoms with van der Waals surface area (Å²) in [5.41, 5.74) is 1.37. The largest absolute Gasteiger partial charge is 0.383 e. The lowest BCUT2D eigenvalue weighted by Crippen LogP contribution is -2.27. The smallest absolute Gasteiger partial charge is 0.122 e. The molecule has 0 spiro atoms. The molecule has 0 aliphatic rings. The molecule has 0 radical (unpaired) electrons. The molecule has 0 bridgehead atoms. The van der Waals surface area contributed by atoms with E-state index in [0.717, 1.165) is 32.1 Å². The van der Waals surface area contributed by atoms with Gasteiger partial charge in [0.2, 0.25) is 0 Å². The van der Waals surface area contributed by atoms with E-state index in [0.29, 0.717) is 0 Å². The third-order valence-corrected chi connectivity index (χ3v) is 4.24. The van der Waals surface area contributed by atoms with Crippen LogP contribution in [0.15, 0.2) is 23.8 Å². The van der Waals surface area contributed by atoms with Gasteiger partial charge in [0.25, 0.3) is 0 Å². The maximum absolute atomic E-state index is 5.21. The molecular weight excluding hydrogens is 258 g/mol. The summed E-state index contributed by atoms with van der Waals surface area (Å²) in [4.78, 5) is 8.20. The molecule has 2 aromatic rings. The summed E-state index contributed by atoms with van der Waals surface area (Å²) < 4.78 is 7.28. The molecule has 5 heteroatoms. The molecular formula is C14H21N3OS. The summed E-state index contributed by atoms with van der Waals surface area (Å²) in [6.07, 6.45) is 3.83. The standard InChI is InChI=1S/C14H21N3OS/c1-12-4-9-19-13(12)10-17(7-8-18-3)11-14-15-5-6-16(14)2/h4-6,9H,7-8,10-11H2,1-3H3. The van der Waals surface area contributed by atoms with Gasteiger partial charge in [-0.1, -0.05) is 0 Å². The number of imidazole rings is 1. The van der Waals surface area contributed by atoms with Gasteiger partial charge < -0.3 is 9.30 Å². The number of hydrogen-bond donors (Lipinski definition) is 0. The Labute approximate surface area is 118 Å². The van der Waals surface area contributed by atoms with Crippen molar-refractivity contribution in [3.63, 3.8) is 0 Å². The lowest BCUT2D eigenvalue weighted by Gasteiger charge is -2.21. The van der Waals surface area contributed by atoms with Crippen LogP contribution in [0.5, 0.6) is 0 Å². The molecule has 0 saturated heterocycles. The molecule has 0 amide bonds. The highest BCUT2D eigenvalue weighted by Gasteiger charge is 2.11. The quantitative estimate of drug-likeness (QED) is 0.780. The molecule has 0 atom stereocenters. The Hall–Kier alpha value is -1.17. The van der Waals surface area contributed by atoms with Gasteiger partial charge in [0.1, 0.15) is 5.82 Å². The molecule has 0 saturated carbocycles. The zero-order chi connectivity index (χ0) is 13.7. The number of aromatic nitrogens is 2. The van der Waals surface area contributed by atoms with Crippen molar-refractivity contribution in [2.75, 3.05) is 20.3 Å². The summed E-state index contributed by atoms with van der Waals surface area (Å²) in [6.45, 7) is 5.64. The van der Waals surface area contributed by atoms with E-state index >= 15 is 0 Å². The van der Waals surface area contributed by atoms with E-state index in [1.54, 1.807) is 7.11 Å². The second-order valence-corrected chi connectivity index (χ2v) is 5.69. The Kier molecular flexibility index (Phi) is 5.13. The first-order valence-corrected chi connectivity index (χ1v) is 7.29. The topological polar surface area (TPSA) is 30.3 Å². The average Bonchev–Trinajstić information content (AvgIpc) is 2.97. The highest BCUT2D eigenvalue weighted by Crippen LogP contribution is 2.18. The van der Waals surface area contributed by atoms with E-state index in [1.165, 1.54) is 10.4 Å². The Morgan fingerprint density at radius 1 is 1.42 bits per heavy atom. The molecule has 104 valence electrons. The summed E-state index contributed by atoms with van der Waals surface area (Å²) in [6, 6.07) is 2.18. The fraction of sp³-hybridized carbons (Fsp3) is 0.500. The number of methoxy groups -OCH3 is 1. The molecule has 0 aliphatic carbocycles. The molecule has 0 aliphatic heterocycles. The van der Waals surface area contributed by atoms with Crippen LogP contribution in [0.2, 0.25) is 0 Å². The number of aryl methyl sites for hydroxylation is 2. The van der Waals surface area contributed by atoms with Crippen LogP contribution < -0.4 is 0 Å². The van der Waals surface area contributed by atoms with Crippen LogP contribution in [0.4, 0.5) is 0 Å². The van der Waals surface area contributed by atoms with Gasteiger partial charge in [0, 0.05) is 44.5 Å². The van der Waals surface area contributed by atoms with E-state index in [2.05, 4.69) is 32.8 Å². The average molecular weight is 279 g/mol. The van der Waals surface area contributed by atoms with Gasteiger partial charge in [0.05, 0.1) is 13.2 Å². The highest BCUT2D eigenvalue weighted by molar-refractivity contribution is 7.10. The van der Waals surface area contributed by atoms with Crippen molar-refractivity contribution >= 4 is 11.3 Å². The fourth-order valence-corrected chi connectivity index (χ4v) is 2.90. The number of hydrogen-bond acceptors (Lipinski definition) is 4. The molecule has 2 heterocycles. The van der Waals surface area contributed by atoms with Crippen molar-refractivity contribution < 1.29 is 4.74 Å². The van der Waals surface area contributed by atoms with Crippen molar-refractivity contribution in [3.8, 4) is 0 Å². The second-order valence-electron chi connectivity index (χ2n) is 4.68. The van der Waals surface area contributed by atoms with Crippen molar-refractivity contribution in [2.24, 2.45) is 7.05 Å². The second kappa shape index (κ2) is 6.84. The van der Waals surface area contributed by atoms with Gasteiger partial charge in [-0.2, -0.15) is 0 Å². The first-order valence-electron chi connectivity index (χ1n) is 6.41. The molecule has 0 N–H and O–H groups in total. The van der Waals surface area contributed by atoms with Crippen LogP contribution in [0.1, 0.15) is 16.3 Å². The van der Waals surface area contributed by atoms with E-state index in [1.807, 2.05) is 30.8 Å². The molecule has 0 unspecified atom stereocenters. The first-order chi connectivity index (χ1) is 9.20. The minimum Gasteiger partial charge on any atom is -0.383 e. The third kappa shape index (κ3) is 3.89. The van der Waals surface area contributed by atoms with Crippen LogP contribution in [0, 0.1) is 6.92 Å². The van der Waals surface area contributed by atoms with E-state index in [9.17, 15) is 0 Å². The summed E-state index contributed by atoms with van der Waals surface area (Å²) in [5, 5.41) is 2.15. The van der Waals surface area contributed by atoms with Gasteiger partial charge in [-0.25, -0.2) is 4.98 Å². The van der Waals surface area contributed by atoms with Crippen LogP contribution in [0.25, 0.3) is 0 Å². The SMILES string of the molecule is COCCN(Cc1sccc1C)Cc1nccn1C. The van der Waals surface area contributed by atoms with Crippen molar-refractivity contribution in [1.29, 1.82) is 0 Å². The summed E-state index contributed by atoms with van der Waals surface area (Å²) >= 11 is 1.82. The molecule has 0 aromatic carbocycles. The van der Waals surface area contributed by atoms with Crippen LogP contribution in [0.3, 0.4) is 0 Å². The van der Waals surface area contributed by atoms with Gasteiger partial charge >= 0.3 is 0 Å². The molecule has 2 rings (SSSR count). The number of thiophene rings is 1. The number of ether oxygens (including phenoxy) is 1. The number of rotatable bonds is 7. The minimum absolute atomic E-state index is 0.745. The predicted molar refractivity (Wildman–Crippen MR) is 78.3 cm³/mol. The Bertz CT molecular complexity index is 464. The van der Waals surface area contributed by atoms with Crippen LogP contribution in [-0.2, 0) is 24.9 Å². The third-order valence-electron chi connectivity index (χ3n) is 3.23. The molecule has 4 nitrogen and oxygen atoms in total. The summed E-state index contributed by atoms with van der Waals surface area (Å²) in [7, 11) is 3.78. The van der Waals surface area contributed by atoms with Crippen molar-refractivity contribution in [2.45, 2.75) is 20.0 Å². The molecule has 0 fully saturated rings. The Morgan fingerprint density at radius 3 is 2.84 bits per heavy atom. The Balaban J connectivity index is 2.03. The van der Waals surface area contributed by atoms with Gasteiger partial charge in [0.15, 0.2) is 0 Å². The number of nitrogens with zero attached hydrogens (tertiary/aromatic N) is 3. The minimum atomic E-state index is 0.745. The highest BCUT2D eigenvalue weighted by atomic mass is 32.1. The normalized spacial score (nSPS) is 11.4.